The summed E-state index contributed by atoms with van der Waals surface area (Å²) >= 11 is 0. The number of aliphatic imine (C=N–C) groups is 4. The van der Waals surface area contributed by atoms with Gasteiger partial charge in [-0.1, -0.05) is 128 Å². The Hall–Kier alpha value is -7.31. The van der Waals surface area contributed by atoms with Crippen LogP contribution in [0.4, 0.5) is 0 Å². The van der Waals surface area contributed by atoms with Crippen molar-refractivity contribution in [3.63, 3.8) is 0 Å². The summed E-state index contributed by atoms with van der Waals surface area (Å²) in [6, 6.07) is 42.1. The van der Waals surface area contributed by atoms with Crippen molar-refractivity contribution in [1.29, 1.82) is 0 Å². The van der Waals surface area contributed by atoms with Gasteiger partial charge in [-0.3, -0.25) is 0 Å². The van der Waals surface area contributed by atoms with E-state index >= 15 is 0 Å². The van der Waals surface area contributed by atoms with Gasteiger partial charge in [-0.15, -0.1) is 0 Å². The van der Waals surface area contributed by atoms with Gasteiger partial charge in [0.15, 0.2) is 0 Å². The van der Waals surface area contributed by atoms with Gasteiger partial charge in [0.25, 0.3) is 0 Å². The monoisotopic (exact) mass is 684 g/mol. The van der Waals surface area contributed by atoms with Crippen molar-refractivity contribution in [2.24, 2.45) is 20.0 Å². The molecule has 0 spiro atoms. The third-order valence-corrected chi connectivity index (χ3v) is 8.93. The molecule has 5 aliphatic heterocycles. The molecule has 6 nitrogen and oxygen atoms in total. The molecular formula is C47H32N4O2. The zero-order chi connectivity index (χ0) is 36.1. The largest absolute Gasteiger partial charge is 0.478 e. The zero-order valence-corrected chi connectivity index (χ0v) is 28.6. The number of hydrogen-bond acceptors (Lipinski definition) is 5. The number of aliphatic carboxylic acids is 1. The fourth-order valence-electron chi connectivity index (χ4n) is 6.63. The molecule has 252 valence electrons. The number of allylic oxidation sites excluding steroid dienone is 12. The van der Waals surface area contributed by atoms with Crippen LogP contribution in [0.5, 0.6) is 0 Å². The molecule has 0 atom stereocenters. The summed E-state index contributed by atoms with van der Waals surface area (Å²) in [4.78, 5) is 30.0. The number of rotatable bonds is 5. The van der Waals surface area contributed by atoms with Gasteiger partial charge >= 0.3 is 5.97 Å². The highest BCUT2D eigenvalue weighted by molar-refractivity contribution is 6.50. The topological polar surface area (TPSA) is 86.7 Å². The predicted molar refractivity (Wildman–Crippen MR) is 218 cm³/mol. The lowest BCUT2D eigenvalue weighted by Crippen LogP contribution is -2.07. The van der Waals surface area contributed by atoms with Crippen LogP contribution < -0.4 is 0 Å². The molecule has 0 saturated carbocycles. The molecule has 53 heavy (non-hydrogen) atoms. The summed E-state index contributed by atoms with van der Waals surface area (Å²) in [6.45, 7) is 2.96. The number of hydrogen-bond donors (Lipinski definition) is 1. The minimum atomic E-state index is -0.981. The molecule has 0 fully saturated rings. The quantitative estimate of drug-likeness (QED) is 0.212. The highest BCUT2D eigenvalue weighted by Gasteiger charge is 2.32. The van der Waals surface area contributed by atoms with E-state index in [1.165, 1.54) is 0 Å². The second-order valence-corrected chi connectivity index (χ2v) is 12.4. The van der Waals surface area contributed by atoms with Crippen molar-refractivity contribution in [3.8, 4) is 0 Å². The van der Waals surface area contributed by atoms with Gasteiger partial charge in [0.05, 0.1) is 45.6 Å². The van der Waals surface area contributed by atoms with E-state index in [-0.39, 0.29) is 0 Å². The summed E-state index contributed by atoms with van der Waals surface area (Å²) in [5, 5.41) is 7.60. The lowest BCUT2D eigenvalue weighted by atomic mass is 9.86. The van der Waals surface area contributed by atoms with Crippen molar-refractivity contribution in [2.75, 3.05) is 0 Å². The predicted octanol–water partition coefficient (Wildman–Crippen LogP) is 9.95. The number of carboxylic acids is 1. The molecule has 0 aliphatic carbocycles. The Kier molecular flexibility index (Phi) is 9.00. The lowest BCUT2D eigenvalue weighted by Gasteiger charge is -2.17. The maximum atomic E-state index is 9.25. The second-order valence-electron chi connectivity index (χ2n) is 12.4. The van der Waals surface area contributed by atoms with Crippen molar-refractivity contribution in [3.05, 3.63) is 228 Å². The van der Waals surface area contributed by atoms with Crippen LogP contribution in [-0.2, 0) is 4.79 Å². The molecular weight excluding hydrogens is 653 g/mol. The standard InChI is InChI=1S/C44H28N4.C3H4O2/c1-5-13-29(14-6-1)38-27-37-26-35-22-21-33(45-35)25-34-23-24-36(46-34)28-39-40(30-15-7-2-8-16-30)41(31-17-9-3-10-18-31)44(48-39)42(43(38)47-37)32-19-11-4-12-20-32;1-2-3(4)5/h1-28H;2H,1H2,(H,4,5). The molecule has 0 amide bonds. The normalized spacial score (nSPS) is 16.8. The first-order chi connectivity index (χ1) is 26.0. The Morgan fingerprint density at radius 1 is 0.491 bits per heavy atom. The third-order valence-electron chi connectivity index (χ3n) is 8.93. The molecule has 5 heterocycles. The molecule has 0 saturated heterocycles. The molecule has 4 aromatic carbocycles. The summed E-state index contributed by atoms with van der Waals surface area (Å²) in [5.74, 6) is -0.981. The molecule has 5 aliphatic rings. The highest BCUT2D eigenvalue weighted by Crippen LogP contribution is 2.46. The highest BCUT2D eigenvalue weighted by atomic mass is 16.4. The molecule has 9 rings (SSSR count). The van der Waals surface area contributed by atoms with Crippen LogP contribution in [0.1, 0.15) is 22.3 Å². The van der Waals surface area contributed by atoms with Crippen LogP contribution in [0.15, 0.2) is 225 Å². The number of fused-ring (bicyclic) bond motifs is 4. The number of carbonyl (C=O) groups is 1. The molecule has 4 aromatic rings. The second kappa shape index (κ2) is 14.5. The van der Waals surface area contributed by atoms with E-state index < -0.39 is 5.97 Å². The van der Waals surface area contributed by atoms with Gasteiger partial charge in [-0.25, -0.2) is 24.8 Å². The average molecular weight is 685 g/mol. The first-order valence-electron chi connectivity index (χ1n) is 17.2. The molecule has 1 N–H and O–H groups in total. The first kappa shape index (κ1) is 32.9. The smallest absolute Gasteiger partial charge is 0.327 e. The number of nitrogens with zero attached hydrogens (tertiary/aromatic N) is 4. The molecule has 0 radical (unpaired) electrons. The van der Waals surface area contributed by atoms with Crippen molar-refractivity contribution in [1.82, 2.24) is 0 Å². The Balaban J connectivity index is 0.000000752. The lowest BCUT2D eigenvalue weighted by molar-refractivity contribution is -0.131. The fraction of sp³-hybridized carbons (Fsp3) is 0. The van der Waals surface area contributed by atoms with Crippen LogP contribution in [0.2, 0.25) is 0 Å². The van der Waals surface area contributed by atoms with Gasteiger partial charge in [-0.05, 0) is 70.9 Å². The van der Waals surface area contributed by atoms with Crippen LogP contribution in [0, 0.1) is 0 Å². The average Bonchev–Trinajstić information content (AvgIpc) is 4.01. The van der Waals surface area contributed by atoms with Gasteiger partial charge < -0.3 is 5.11 Å². The fourth-order valence-corrected chi connectivity index (χ4v) is 6.63. The van der Waals surface area contributed by atoms with Gasteiger partial charge in [0, 0.05) is 28.4 Å². The van der Waals surface area contributed by atoms with Crippen molar-refractivity contribution < 1.29 is 9.90 Å². The van der Waals surface area contributed by atoms with E-state index in [0.29, 0.717) is 0 Å². The minimum absolute atomic E-state index is 0.833. The summed E-state index contributed by atoms with van der Waals surface area (Å²) < 4.78 is 0. The Bertz CT molecular complexity index is 2540. The maximum Gasteiger partial charge on any atom is 0.327 e. The molecule has 8 bridgehead atoms. The third kappa shape index (κ3) is 6.89. The molecule has 0 aromatic heterocycles. The Morgan fingerprint density at radius 3 is 1.47 bits per heavy atom. The number of carboxylic acid groups (broad SMARTS) is 1. The number of benzene rings is 4. The summed E-state index contributed by atoms with van der Waals surface area (Å²) in [6.07, 6.45) is 17.3. The van der Waals surface area contributed by atoms with E-state index in [0.717, 1.165) is 96.3 Å². The first-order valence-corrected chi connectivity index (χ1v) is 17.2. The van der Waals surface area contributed by atoms with E-state index in [1.54, 1.807) is 0 Å². The summed E-state index contributed by atoms with van der Waals surface area (Å²) in [7, 11) is 0. The Labute approximate surface area is 307 Å². The van der Waals surface area contributed by atoms with Gasteiger partial charge in [0.1, 0.15) is 0 Å². The molecule has 0 unspecified atom stereocenters. The van der Waals surface area contributed by atoms with Crippen LogP contribution in [0.3, 0.4) is 0 Å². The van der Waals surface area contributed by atoms with Gasteiger partial charge in [0.2, 0.25) is 0 Å². The summed E-state index contributed by atoms with van der Waals surface area (Å²) in [5.41, 5.74) is 15.3. The van der Waals surface area contributed by atoms with E-state index in [2.05, 4.69) is 140 Å². The van der Waals surface area contributed by atoms with E-state index in [9.17, 15) is 4.79 Å². The van der Waals surface area contributed by atoms with E-state index in [1.807, 2.05) is 36.4 Å². The zero-order valence-electron chi connectivity index (χ0n) is 28.6. The van der Waals surface area contributed by atoms with Gasteiger partial charge in [-0.2, -0.15) is 0 Å². The van der Waals surface area contributed by atoms with Crippen LogP contribution in [0.25, 0.3) is 22.3 Å². The SMILES string of the molecule is C1=CC2=NC1=CC1=NC(=C(c3ccccc3)C3=NC(=CC4=NC(=C2)C=C4)C=C3c2ccccc2)C(c2ccccc2)=C1c1ccccc1.C=CC(=O)O. The maximum absolute atomic E-state index is 9.25. The van der Waals surface area contributed by atoms with Crippen molar-refractivity contribution in [2.45, 2.75) is 0 Å². The van der Waals surface area contributed by atoms with E-state index in [4.69, 9.17) is 25.1 Å². The van der Waals surface area contributed by atoms with Crippen LogP contribution in [-0.4, -0.2) is 33.9 Å². The Morgan fingerprint density at radius 2 is 0.943 bits per heavy atom. The minimum Gasteiger partial charge on any atom is -0.478 e. The van der Waals surface area contributed by atoms with Crippen molar-refractivity contribution >= 4 is 51.1 Å². The van der Waals surface area contributed by atoms with Crippen LogP contribution >= 0.6 is 0 Å². The molecule has 6 heteroatoms.